The number of piperidine rings is 1. The van der Waals surface area contributed by atoms with Crippen molar-refractivity contribution in [2.24, 2.45) is 0 Å². The van der Waals surface area contributed by atoms with E-state index in [0.29, 0.717) is 28.5 Å². The predicted molar refractivity (Wildman–Crippen MR) is 129 cm³/mol. The molecule has 4 rings (SSSR count). The Bertz CT molecular complexity index is 1160. The van der Waals surface area contributed by atoms with E-state index >= 15 is 0 Å². The fourth-order valence-corrected chi connectivity index (χ4v) is 4.39. The second-order valence-electron chi connectivity index (χ2n) is 7.73. The molecule has 1 aromatic carbocycles. The van der Waals surface area contributed by atoms with Crippen molar-refractivity contribution < 1.29 is 14.7 Å². The molecule has 1 aliphatic heterocycles. The van der Waals surface area contributed by atoms with Crippen molar-refractivity contribution in [3.05, 3.63) is 63.2 Å². The Kier molecular flexibility index (Phi) is 6.42. The lowest BCUT2D eigenvalue weighted by Gasteiger charge is -2.31. The van der Waals surface area contributed by atoms with Gasteiger partial charge in [-0.3, -0.25) is 9.69 Å². The van der Waals surface area contributed by atoms with E-state index in [4.69, 9.17) is 5.84 Å². The Morgan fingerprint density at radius 1 is 1.22 bits per heavy atom. The lowest BCUT2D eigenvalue weighted by molar-refractivity contribution is 0.0686. The lowest BCUT2D eigenvalue weighted by Crippen LogP contribution is -2.33. The van der Waals surface area contributed by atoms with Gasteiger partial charge < -0.3 is 16.3 Å². The number of hydrogen-bond acceptors (Lipinski definition) is 6. The third kappa shape index (κ3) is 4.46. The Morgan fingerprint density at radius 2 is 1.97 bits per heavy atom. The maximum Gasteiger partial charge on any atom is 0.356 e. The van der Waals surface area contributed by atoms with Crippen molar-refractivity contribution in [2.75, 3.05) is 24.8 Å². The molecule has 2 aromatic heterocycles. The number of anilines is 1. The van der Waals surface area contributed by atoms with Crippen LogP contribution in [-0.2, 0) is 0 Å². The fourth-order valence-electron chi connectivity index (χ4n) is 3.93. The maximum atomic E-state index is 12.6. The van der Waals surface area contributed by atoms with Crippen LogP contribution >= 0.6 is 22.6 Å². The van der Waals surface area contributed by atoms with Crippen molar-refractivity contribution in [3.63, 3.8) is 0 Å². The minimum Gasteiger partial charge on any atom is -0.476 e. The number of benzene rings is 1. The fraction of sp³-hybridized carbons (Fsp3) is 0.273. The number of carboxylic acid groups (broad SMARTS) is 1. The number of amides is 1. The van der Waals surface area contributed by atoms with E-state index in [1.54, 1.807) is 36.5 Å². The van der Waals surface area contributed by atoms with E-state index in [9.17, 15) is 14.7 Å². The highest BCUT2D eigenvalue weighted by atomic mass is 127. The summed E-state index contributed by atoms with van der Waals surface area (Å²) >= 11 is 2.15. The average Bonchev–Trinajstić information content (AvgIpc) is 3.11. The van der Waals surface area contributed by atoms with Crippen LogP contribution in [0.2, 0.25) is 0 Å². The highest BCUT2D eigenvalue weighted by molar-refractivity contribution is 14.1. The molecule has 9 nitrogen and oxygen atoms in total. The van der Waals surface area contributed by atoms with Crippen LogP contribution in [0.15, 0.2) is 42.6 Å². The lowest BCUT2D eigenvalue weighted by atomic mass is 10.0. The molecule has 0 radical (unpaired) electrons. The number of carbonyl (C=O) groups is 2. The molecule has 32 heavy (non-hydrogen) atoms. The number of nitrogens with one attached hydrogen (secondary N) is 1. The minimum absolute atomic E-state index is 0.0354. The number of nitrogens with two attached hydrogens (primary N) is 1. The summed E-state index contributed by atoms with van der Waals surface area (Å²) < 4.78 is 2.15. The summed E-state index contributed by atoms with van der Waals surface area (Å²) in [5.41, 5.74) is 1.22. The van der Waals surface area contributed by atoms with Crippen LogP contribution < -0.4 is 11.2 Å². The SMILES string of the molecule is CN1CCCC[C@H]1c1nc(-c2ccc(C(=O)Nc3cc(I)ccn3)cc2)c(C(=O)O)n1N. The Hall–Kier alpha value is -2.99. The summed E-state index contributed by atoms with van der Waals surface area (Å²) in [6.07, 6.45) is 4.63. The van der Waals surface area contributed by atoms with E-state index in [1.807, 2.05) is 13.1 Å². The summed E-state index contributed by atoms with van der Waals surface area (Å²) in [7, 11) is 1.99. The van der Waals surface area contributed by atoms with Crippen LogP contribution in [0.3, 0.4) is 0 Å². The number of rotatable bonds is 5. The first-order valence-corrected chi connectivity index (χ1v) is 11.3. The second-order valence-corrected chi connectivity index (χ2v) is 8.97. The highest BCUT2D eigenvalue weighted by Gasteiger charge is 2.30. The topological polar surface area (TPSA) is 126 Å². The number of aromatic nitrogens is 3. The van der Waals surface area contributed by atoms with Crippen molar-refractivity contribution in [2.45, 2.75) is 25.3 Å². The smallest absolute Gasteiger partial charge is 0.356 e. The van der Waals surface area contributed by atoms with Gasteiger partial charge in [-0.2, -0.15) is 0 Å². The number of likely N-dealkylation sites (tertiary alicyclic amines) is 1. The van der Waals surface area contributed by atoms with Crippen molar-refractivity contribution >= 4 is 40.3 Å². The average molecular weight is 546 g/mol. The molecule has 166 valence electrons. The summed E-state index contributed by atoms with van der Waals surface area (Å²) in [6, 6.07) is 10.2. The number of pyridine rings is 1. The molecular weight excluding hydrogens is 523 g/mol. The molecular formula is C22H23IN6O3. The molecule has 3 heterocycles. The van der Waals surface area contributed by atoms with Crippen LogP contribution in [-0.4, -0.2) is 50.1 Å². The van der Waals surface area contributed by atoms with Gasteiger partial charge in [0.2, 0.25) is 0 Å². The number of aromatic carboxylic acids is 1. The Balaban J connectivity index is 1.62. The maximum absolute atomic E-state index is 12.6. The van der Waals surface area contributed by atoms with Crippen LogP contribution in [0.5, 0.6) is 0 Å². The number of nitrogen functional groups attached to an aromatic ring is 1. The molecule has 0 unspecified atom stereocenters. The van der Waals surface area contributed by atoms with Crippen molar-refractivity contribution in [1.82, 2.24) is 19.5 Å². The van der Waals surface area contributed by atoms with Gasteiger partial charge in [0.15, 0.2) is 5.69 Å². The first-order valence-electron chi connectivity index (χ1n) is 10.2. The van der Waals surface area contributed by atoms with Crippen LogP contribution in [0.4, 0.5) is 5.82 Å². The summed E-state index contributed by atoms with van der Waals surface area (Å²) in [4.78, 5) is 35.4. The Labute approximate surface area is 198 Å². The van der Waals surface area contributed by atoms with E-state index < -0.39 is 5.97 Å². The van der Waals surface area contributed by atoms with Gasteiger partial charge in [0, 0.05) is 20.9 Å². The third-order valence-corrected chi connectivity index (χ3v) is 6.26. The monoisotopic (exact) mass is 546 g/mol. The molecule has 1 saturated heterocycles. The largest absolute Gasteiger partial charge is 0.476 e. The van der Waals surface area contributed by atoms with Gasteiger partial charge >= 0.3 is 5.97 Å². The first-order chi connectivity index (χ1) is 15.3. The summed E-state index contributed by atoms with van der Waals surface area (Å²) in [5.74, 6) is 5.73. The van der Waals surface area contributed by atoms with Gasteiger partial charge in [0.1, 0.15) is 17.3 Å². The van der Waals surface area contributed by atoms with Gasteiger partial charge in [-0.05, 0) is 73.3 Å². The molecule has 0 saturated carbocycles. The molecule has 0 spiro atoms. The zero-order chi connectivity index (χ0) is 22.8. The predicted octanol–water partition coefficient (Wildman–Crippen LogP) is 3.37. The van der Waals surface area contributed by atoms with Crippen LogP contribution in [0.25, 0.3) is 11.3 Å². The van der Waals surface area contributed by atoms with Crippen LogP contribution in [0, 0.1) is 3.57 Å². The molecule has 10 heteroatoms. The molecule has 0 bridgehead atoms. The van der Waals surface area contributed by atoms with E-state index in [2.05, 4.69) is 42.8 Å². The van der Waals surface area contributed by atoms with E-state index in [0.717, 1.165) is 29.4 Å². The highest BCUT2D eigenvalue weighted by Crippen LogP contribution is 2.32. The minimum atomic E-state index is -1.15. The molecule has 3 aromatic rings. The van der Waals surface area contributed by atoms with Gasteiger partial charge in [0.05, 0.1) is 6.04 Å². The molecule has 1 aliphatic rings. The van der Waals surface area contributed by atoms with Crippen molar-refractivity contribution in [1.29, 1.82) is 0 Å². The van der Waals surface area contributed by atoms with Crippen LogP contribution in [0.1, 0.15) is 52.0 Å². The number of hydrogen-bond donors (Lipinski definition) is 3. The molecule has 0 aliphatic carbocycles. The zero-order valence-electron chi connectivity index (χ0n) is 17.5. The zero-order valence-corrected chi connectivity index (χ0v) is 19.6. The second kappa shape index (κ2) is 9.25. The van der Waals surface area contributed by atoms with E-state index in [-0.39, 0.29) is 17.6 Å². The van der Waals surface area contributed by atoms with Crippen molar-refractivity contribution in [3.8, 4) is 11.3 Å². The number of imidazole rings is 1. The third-order valence-electron chi connectivity index (χ3n) is 5.59. The number of nitrogens with zero attached hydrogens (tertiary/aromatic N) is 4. The number of carboxylic acids is 1. The number of halogens is 1. The number of carbonyl (C=O) groups excluding carboxylic acids is 1. The van der Waals surface area contributed by atoms with Gasteiger partial charge in [-0.1, -0.05) is 18.6 Å². The summed E-state index contributed by atoms with van der Waals surface area (Å²) in [6.45, 7) is 0.911. The quantitative estimate of drug-likeness (QED) is 0.331. The first kappa shape index (κ1) is 22.2. The van der Waals surface area contributed by atoms with Gasteiger partial charge in [-0.25, -0.2) is 19.4 Å². The molecule has 1 fully saturated rings. The Morgan fingerprint density at radius 3 is 2.62 bits per heavy atom. The normalized spacial score (nSPS) is 16.6. The van der Waals surface area contributed by atoms with Gasteiger partial charge in [-0.15, -0.1) is 0 Å². The molecule has 4 N–H and O–H groups in total. The van der Waals surface area contributed by atoms with E-state index in [1.165, 1.54) is 4.68 Å². The van der Waals surface area contributed by atoms with Gasteiger partial charge in [0.25, 0.3) is 5.91 Å². The summed E-state index contributed by atoms with van der Waals surface area (Å²) in [5, 5.41) is 12.5. The molecule has 1 atom stereocenters. The standard InChI is InChI=1S/C22H23IN6O3/c1-28-11-3-2-4-16(28)20-27-18(19(22(31)32)29(20)24)13-5-7-14(8-6-13)21(30)26-17-12-15(23)9-10-25-17/h5-10,12,16H,2-4,11,24H2,1H3,(H,31,32)(H,25,26,30)/t16-/m0/s1. The molecule has 1 amide bonds.